The topological polar surface area (TPSA) is 40.2 Å². The molecule has 0 saturated carbocycles. The van der Waals surface area contributed by atoms with E-state index in [1.165, 1.54) is 22.4 Å². The minimum absolute atomic E-state index is 0.158. The zero-order valence-electron chi connectivity index (χ0n) is 13.1. The van der Waals surface area contributed by atoms with Crippen molar-refractivity contribution in [2.45, 2.75) is 39.8 Å². The molecule has 1 aromatic heterocycles. The molecule has 1 aliphatic carbocycles. The maximum atomic E-state index is 5.96. The van der Waals surface area contributed by atoms with Crippen molar-refractivity contribution in [3.8, 4) is 17.0 Å². The summed E-state index contributed by atoms with van der Waals surface area (Å²) in [5.74, 6) is 1.50. The highest BCUT2D eigenvalue weighted by Gasteiger charge is 2.23. The van der Waals surface area contributed by atoms with E-state index >= 15 is 0 Å². The molecule has 0 spiro atoms. The normalized spacial score (nSPS) is 14.1. The zero-order chi connectivity index (χ0) is 15.0. The Morgan fingerprint density at radius 1 is 1.19 bits per heavy atom. The Morgan fingerprint density at radius 2 is 2.00 bits per heavy atom. The molecule has 2 aromatic rings. The third-order valence-corrected chi connectivity index (χ3v) is 3.83. The molecule has 1 unspecified atom stereocenters. The van der Waals surface area contributed by atoms with Crippen molar-refractivity contribution in [2.24, 2.45) is 11.7 Å². The van der Waals surface area contributed by atoms with Gasteiger partial charge in [-0.15, -0.1) is 0 Å². The van der Waals surface area contributed by atoms with Gasteiger partial charge in [-0.3, -0.25) is 0 Å². The Kier molecular flexibility index (Phi) is 3.77. The molecular formula is C18H24N2O. The van der Waals surface area contributed by atoms with Crippen molar-refractivity contribution in [3.05, 3.63) is 41.6 Å². The fraction of sp³-hybridized carbons (Fsp3) is 0.444. The predicted molar refractivity (Wildman–Crippen MR) is 86.7 cm³/mol. The van der Waals surface area contributed by atoms with Gasteiger partial charge in [0.2, 0.25) is 0 Å². The number of nitrogens with zero attached hydrogens (tertiary/aromatic N) is 1. The molecule has 0 amide bonds. The molecule has 1 atom stereocenters. The lowest BCUT2D eigenvalue weighted by atomic mass is 10.1. The van der Waals surface area contributed by atoms with Crippen molar-refractivity contribution >= 4 is 0 Å². The van der Waals surface area contributed by atoms with E-state index in [9.17, 15) is 0 Å². The van der Waals surface area contributed by atoms with Gasteiger partial charge >= 0.3 is 0 Å². The summed E-state index contributed by atoms with van der Waals surface area (Å²) in [6.07, 6.45) is 3.17. The molecule has 112 valence electrons. The van der Waals surface area contributed by atoms with Crippen LogP contribution in [0.1, 0.15) is 31.9 Å². The van der Waals surface area contributed by atoms with Gasteiger partial charge in [0.05, 0.1) is 12.3 Å². The maximum absolute atomic E-state index is 5.96. The van der Waals surface area contributed by atoms with E-state index < -0.39 is 0 Å². The van der Waals surface area contributed by atoms with E-state index in [2.05, 4.69) is 48.9 Å². The first kappa shape index (κ1) is 14.2. The average molecular weight is 284 g/mol. The second-order valence-electron chi connectivity index (χ2n) is 6.52. The first-order chi connectivity index (χ1) is 10.0. The Morgan fingerprint density at radius 3 is 2.71 bits per heavy atom. The number of nitrogens with two attached hydrogens (primary N) is 1. The molecule has 1 aliphatic rings. The minimum atomic E-state index is 0.158. The Bertz CT molecular complexity index is 641. The molecule has 0 aliphatic heterocycles. The van der Waals surface area contributed by atoms with Gasteiger partial charge < -0.3 is 15.0 Å². The Labute approximate surface area is 126 Å². The monoisotopic (exact) mass is 284 g/mol. The van der Waals surface area contributed by atoms with Crippen LogP contribution in [-0.4, -0.2) is 17.2 Å². The van der Waals surface area contributed by atoms with E-state index in [0.717, 1.165) is 25.3 Å². The summed E-state index contributed by atoms with van der Waals surface area (Å²) in [4.78, 5) is 0. The number of aromatic nitrogens is 1. The highest BCUT2D eigenvalue weighted by atomic mass is 16.5. The van der Waals surface area contributed by atoms with Crippen molar-refractivity contribution in [2.75, 3.05) is 6.61 Å². The molecule has 0 fully saturated rings. The van der Waals surface area contributed by atoms with Crippen LogP contribution in [0.3, 0.4) is 0 Å². The van der Waals surface area contributed by atoms with Crippen LogP contribution in [0.25, 0.3) is 11.3 Å². The van der Waals surface area contributed by atoms with Crippen LogP contribution in [0.2, 0.25) is 0 Å². The smallest absolute Gasteiger partial charge is 0.119 e. The molecule has 3 rings (SSSR count). The average Bonchev–Trinajstić information content (AvgIpc) is 2.95. The van der Waals surface area contributed by atoms with Crippen LogP contribution in [0.5, 0.6) is 5.75 Å². The quantitative estimate of drug-likeness (QED) is 0.779. The molecule has 0 saturated heterocycles. The van der Waals surface area contributed by atoms with E-state index in [4.69, 9.17) is 10.5 Å². The summed E-state index contributed by atoms with van der Waals surface area (Å²) in [5, 5.41) is 0. The summed E-state index contributed by atoms with van der Waals surface area (Å²) in [6, 6.07) is 8.84. The van der Waals surface area contributed by atoms with Crippen LogP contribution in [0, 0.1) is 5.92 Å². The number of fused-ring (bicyclic) bond motifs is 3. The van der Waals surface area contributed by atoms with E-state index in [1.54, 1.807) is 0 Å². The summed E-state index contributed by atoms with van der Waals surface area (Å²) >= 11 is 0. The third-order valence-electron chi connectivity index (χ3n) is 3.83. The van der Waals surface area contributed by atoms with E-state index in [1.807, 2.05) is 6.92 Å². The fourth-order valence-electron chi connectivity index (χ4n) is 2.94. The number of ether oxygens (including phenoxy) is 1. The SMILES string of the molecule is CC(C)COc1ccc2c(c1)-c1c(ccn1CC(C)N)C2. The van der Waals surface area contributed by atoms with Crippen LogP contribution >= 0.6 is 0 Å². The van der Waals surface area contributed by atoms with Crippen LogP contribution in [0.15, 0.2) is 30.5 Å². The summed E-state index contributed by atoms with van der Waals surface area (Å²) in [5.41, 5.74) is 11.4. The molecule has 1 heterocycles. The molecule has 21 heavy (non-hydrogen) atoms. The van der Waals surface area contributed by atoms with Gasteiger partial charge in [-0.1, -0.05) is 19.9 Å². The van der Waals surface area contributed by atoms with Gasteiger partial charge in [-0.2, -0.15) is 0 Å². The Hall–Kier alpha value is -1.74. The van der Waals surface area contributed by atoms with E-state index in [0.29, 0.717) is 5.92 Å². The first-order valence-electron chi connectivity index (χ1n) is 7.74. The molecule has 0 radical (unpaired) electrons. The standard InChI is InChI=1S/C18H24N2O/c1-12(2)11-21-16-5-4-14-8-15-6-7-20(10-13(3)19)18(15)17(14)9-16/h4-7,9,12-13H,8,10-11,19H2,1-3H3. The van der Waals surface area contributed by atoms with Crippen LogP contribution in [-0.2, 0) is 13.0 Å². The van der Waals surface area contributed by atoms with E-state index in [-0.39, 0.29) is 6.04 Å². The third kappa shape index (κ3) is 2.84. The minimum Gasteiger partial charge on any atom is -0.493 e. The molecule has 2 N–H and O–H groups in total. The van der Waals surface area contributed by atoms with Crippen LogP contribution in [0.4, 0.5) is 0 Å². The summed E-state index contributed by atoms with van der Waals surface area (Å²) in [7, 11) is 0. The van der Waals surface area contributed by atoms with Gasteiger partial charge in [0, 0.05) is 30.8 Å². The number of rotatable bonds is 5. The molecule has 1 aromatic carbocycles. The fourth-order valence-corrected chi connectivity index (χ4v) is 2.94. The number of benzene rings is 1. The lowest BCUT2D eigenvalue weighted by molar-refractivity contribution is 0.271. The van der Waals surface area contributed by atoms with Crippen molar-refractivity contribution < 1.29 is 4.74 Å². The molecule has 3 heteroatoms. The molecular weight excluding hydrogens is 260 g/mol. The number of hydrogen-bond acceptors (Lipinski definition) is 2. The van der Waals surface area contributed by atoms with Crippen molar-refractivity contribution in [1.29, 1.82) is 0 Å². The lowest BCUT2D eigenvalue weighted by Crippen LogP contribution is -2.22. The highest BCUT2D eigenvalue weighted by Crippen LogP contribution is 2.39. The van der Waals surface area contributed by atoms with Gasteiger partial charge in [0.15, 0.2) is 0 Å². The van der Waals surface area contributed by atoms with Crippen molar-refractivity contribution in [3.63, 3.8) is 0 Å². The first-order valence-corrected chi connectivity index (χ1v) is 7.74. The highest BCUT2D eigenvalue weighted by molar-refractivity contribution is 5.75. The second kappa shape index (κ2) is 5.57. The molecule has 3 nitrogen and oxygen atoms in total. The summed E-state index contributed by atoms with van der Waals surface area (Å²) in [6.45, 7) is 7.99. The number of hydrogen-bond donors (Lipinski definition) is 1. The van der Waals surface area contributed by atoms with Gasteiger partial charge in [-0.05, 0) is 42.2 Å². The largest absolute Gasteiger partial charge is 0.493 e. The van der Waals surface area contributed by atoms with Gasteiger partial charge in [0.1, 0.15) is 5.75 Å². The lowest BCUT2D eigenvalue weighted by Gasteiger charge is -2.13. The van der Waals surface area contributed by atoms with Crippen LogP contribution < -0.4 is 10.5 Å². The van der Waals surface area contributed by atoms with Crippen molar-refractivity contribution in [1.82, 2.24) is 4.57 Å². The molecule has 0 bridgehead atoms. The van der Waals surface area contributed by atoms with Gasteiger partial charge in [0.25, 0.3) is 0 Å². The second-order valence-corrected chi connectivity index (χ2v) is 6.52. The maximum Gasteiger partial charge on any atom is 0.119 e. The zero-order valence-corrected chi connectivity index (χ0v) is 13.1. The Balaban J connectivity index is 1.92. The predicted octanol–water partition coefficient (Wildman–Crippen LogP) is 3.44. The summed E-state index contributed by atoms with van der Waals surface area (Å²) < 4.78 is 8.15. The van der Waals surface area contributed by atoms with Gasteiger partial charge in [-0.25, -0.2) is 0 Å².